The molecule has 0 aromatic rings. The average Bonchev–Trinajstić information content (AvgIpc) is 2.16. The minimum absolute atomic E-state index is 0.228. The Morgan fingerprint density at radius 3 is 2.20 bits per heavy atom. The van der Waals surface area contributed by atoms with Crippen molar-refractivity contribution in [3.8, 4) is 0 Å². The summed E-state index contributed by atoms with van der Waals surface area (Å²) in [6, 6.07) is 0.962. The van der Waals surface area contributed by atoms with Crippen molar-refractivity contribution < 1.29 is 9.84 Å². The Labute approximate surface area is 94.4 Å². The van der Waals surface area contributed by atoms with Gasteiger partial charge in [-0.2, -0.15) is 0 Å². The summed E-state index contributed by atoms with van der Waals surface area (Å²) in [5.74, 6) is 0. The lowest BCUT2D eigenvalue weighted by Crippen LogP contribution is -2.43. The number of rotatable bonds is 8. The van der Waals surface area contributed by atoms with Crippen LogP contribution in [0.1, 0.15) is 40.5 Å². The monoisotopic (exact) mass is 217 g/mol. The first kappa shape index (κ1) is 14.9. The first-order valence-electron chi connectivity index (χ1n) is 5.95. The number of aliphatic hydroxyl groups excluding tert-OH is 1. The van der Waals surface area contributed by atoms with E-state index in [1.54, 1.807) is 7.11 Å². The van der Waals surface area contributed by atoms with Crippen LogP contribution >= 0.6 is 0 Å². The number of methoxy groups -OCH3 is 1. The highest BCUT2D eigenvalue weighted by Crippen LogP contribution is 2.13. The zero-order valence-corrected chi connectivity index (χ0v) is 10.9. The third-order valence-electron chi connectivity index (χ3n) is 2.96. The summed E-state index contributed by atoms with van der Waals surface area (Å²) >= 11 is 0. The summed E-state index contributed by atoms with van der Waals surface area (Å²) < 4.78 is 5.12. The van der Waals surface area contributed by atoms with Crippen molar-refractivity contribution >= 4 is 0 Å². The Morgan fingerprint density at radius 2 is 1.80 bits per heavy atom. The lowest BCUT2D eigenvalue weighted by molar-refractivity contribution is 0.0663. The molecule has 0 rings (SSSR count). The predicted molar refractivity (Wildman–Crippen MR) is 64.1 cm³/mol. The minimum Gasteiger partial charge on any atom is -0.393 e. The summed E-state index contributed by atoms with van der Waals surface area (Å²) in [7, 11) is 1.73. The van der Waals surface area contributed by atoms with Crippen LogP contribution < -0.4 is 0 Å². The van der Waals surface area contributed by atoms with Crippen molar-refractivity contribution in [1.82, 2.24) is 4.90 Å². The zero-order chi connectivity index (χ0) is 11.8. The molecule has 15 heavy (non-hydrogen) atoms. The van der Waals surface area contributed by atoms with Gasteiger partial charge in [-0.1, -0.05) is 6.92 Å². The largest absolute Gasteiger partial charge is 0.393 e. The topological polar surface area (TPSA) is 32.7 Å². The van der Waals surface area contributed by atoms with Gasteiger partial charge in [0.25, 0.3) is 0 Å². The molecule has 3 atom stereocenters. The molecule has 0 aliphatic rings. The Hall–Kier alpha value is -0.120. The van der Waals surface area contributed by atoms with Gasteiger partial charge >= 0.3 is 0 Å². The van der Waals surface area contributed by atoms with Crippen LogP contribution in [-0.2, 0) is 4.74 Å². The van der Waals surface area contributed by atoms with Crippen molar-refractivity contribution in [2.75, 3.05) is 20.3 Å². The first-order chi connectivity index (χ1) is 7.02. The van der Waals surface area contributed by atoms with Crippen LogP contribution in [0.15, 0.2) is 0 Å². The van der Waals surface area contributed by atoms with Crippen LogP contribution in [0, 0.1) is 0 Å². The molecule has 0 aromatic heterocycles. The van der Waals surface area contributed by atoms with Gasteiger partial charge in [-0.25, -0.2) is 0 Å². The fraction of sp³-hybridized carbons (Fsp3) is 1.00. The Bertz CT molecular complexity index is 151. The number of nitrogens with zero attached hydrogens (tertiary/aromatic N) is 1. The van der Waals surface area contributed by atoms with Gasteiger partial charge in [-0.3, -0.25) is 4.90 Å². The van der Waals surface area contributed by atoms with E-state index in [1.807, 2.05) is 6.92 Å². The van der Waals surface area contributed by atoms with Gasteiger partial charge in [0.2, 0.25) is 0 Å². The minimum atomic E-state index is -0.228. The lowest BCUT2D eigenvalue weighted by atomic mass is 10.1. The molecule has 3 heteroatoms. The molecule has 1 N–H and O–H groups in total. The van der Waals surface area contributed by atoms with E-state index in [1.165, 1.54) is 0 Å². The Morgan fingerprint density at radius 1 is 1.20 bits per heavy atom. The van der Waals surface area contributed by atoms with Crippen LogP contribution in [0.5, 0.6) is 0 Å². The molecule has 92 valence electrons. The molecule has 3 unspecified atom stereocenters. The standard InChI is InChI=1S/C12H27NO2/c1-6-10(2)13(7-8-15-5)11(3)9-12(4)14/h10-12,14H,6-9H2,1-5H3. The van der Waals surface area contributed by atoms with Gasteiger partial charge in [0, 0.05) is 25.7 Å². The molecule has 0 bridgehead atoms. The van der Waals surface area contributed by atoms with Crippen LogP contribution in [0.3, 0.4) is 0 Å². The summed E-state index contributed by atoms with van der Waals surface area (Å²) in [5.41, 5.74) is 0. The van der Waals surface area contributed by atoms with Gasteiger partial charge in [0.05, 0.1) is 12.7 Å². The van der Waals surface area contributed by atoms with Crippen molar-refractivity contribution in [2.24, 2.45) is 0 Å². The van der Waals surface area contributed by atoms with Gasteiger partial charge in [0.15, 0.2) is 0 Å². The maximum Gasteiger partial charge on any atom is 0.0589 e. The highest BCUT2D eigenvalue weighted by atomic mass is 16.5. The first-order valence-corrected chi connectivity index (χ1v) is 5.95. The van der Waals surface area contributed by atoms with Crippen molar-refractivity contribution in [1.29, 1.82) is 0 Å². The summed E-state index contributed by atoms with van der Waals surface area (Å²) in [5, 5.41) is 9.39. The third kappa shape index (κ3) is 6.13. The highest BCUT2D eigenvalue weighted by Gasteiger charge is 2.19. The number of hydrogen-bond acceptors (Lipinski definition) is 3. The molecular weight excluding hydrogens is 190 g/mol. The molecule has 0 heterocycles. The maximum absolute atomic E-state index is 9.39. The molecule has 0 saturated carbocycles. The normalized spacial score (nSPS) is 17.8. The Balaban J connectivity index is 4.19. The van der Waals surface area contributed by atoms with E-state index >= 15 is 0 Å². The van der Waals surface area contributed by atoms with E-state index in [4.69, 9.17) is 4.74 Å². The van der Waals surface area contributed by atoms with Crippen molar-refractivity contribution in [3.05, 3.63) is 0 Å². The molecule has 0 aromatic carbocycles. The quantitative estimate of drug-likeness (QED) is 0.674. The number of aliphatic hydroxyl groups is 1. The molecule has 0 spiro atoms. The summed E-state index contributed by atoms with van der Waals surface area (Å²) in [4.78, 5) is 2.41. The SMILES string of the molecule is CCC(C)N(CCOC)C(C)CC(C)O. The molecular formula is C12H27NO2. The second kappa shape index (κ2) is 8.08. The molecule has 0 amide bonds. The van der Waals surface area contributed by atoms with Gasteiger partial charge in [-0.05, 0) is 33.6 Å². The van der Waals surface area contributed by atoms with Crippen LogP contribution in [-0.4, -0.2) is 48.5 Å². The van der Waals surface area contributed by atoms with E-state index < -0.39 is 0 Å². The van der Waals surface area contributed by atoms with Crippen LogP contribution in [0.2, 0.25) is 0 Å². The third-order valence-corrected chi connectivity index (χ3v) is 2.96. The number of ether oxygens (including phenoxy) is 1. The lowest BCUT2D eigenvalue weighted by Gasteiger charge is -2.34. The van der Waals surface area contributed by atoms with E-state index in [0.29, 0.717) is 12.1 Å². The van der Waals surface area contributed by atoms with E-state index in [0.717, 1.165) is 26.0 Å². The van der Waals surface area contributed by atoms with Crippen molar-refractivity contribution in [3.63, 3.8) is 0 Å². The second-order valence-electron chi connectivity index (χ2n) is 4.42. The van der Waals surface area contributed by atoms with Crippen LogP contribution in [0.4, 0.5) is 0 Å². The Kier molecular flexibility index (Phi) is 8.02. The molecule has 0 aliphatic heterocycles. The number of hydrogen-bond donors (Lipinski definition) is 1. The molecule has 0 radical (unpaired) electrons. The summed E-state index contributed by atoms with van der Waals surface area (Å²) in [6.45, 7) is 10.2. The van der Waals surface area contributed by atoms with Crippen molar-refractivity contribution in [2.45, 2.75) is 58.7 Å². The van der Waals surface area contributed by atoms with E-state index in [9.17, 15) is 5.11 Å². The fourth-order valence-corrected chi connectivity index (χ4v) is 1.94. The molecule has 0 fully saturated rings. The van der Waals surface area contributed by atoms with Gasteiger partial charge in [-0.15, -0.1) is 0 Å². The molecule has 0 aliphatic carbocycles. The second-order valence-corrected chi connectivity index (χ2v) is 4.42. The van der Waals surface area contributed by atoms with Crippen LogP contribution in [0.25, 0.3) is 0 Å². The smallest absolute Gasteiger partial charge is 0.0589 e. The van der Waals surface area contributed by atoms with Gasteiger partial charge in [0.1, 0.15) is 0 Å². The zero-order valence-electron chi connectivity index (χ0n) is 10.9. The molecule has 3 nitrogen and oxygen atoms in total. The van der Waals surface area contributed by atoms with E-state index in [2.05, 4.69) is 25.7 Å². The van der Waals surface area contributed by atoms with E-state index in [-0.39, 0.29) is 6.10 Å². The highest BCUT2D eigenvalue weighted by molar-refractivity contribution is 4.74. The molecule has 0 saturated heterocycles. The summed E-state index contributed by atoms with van der Waals surface area (Å²) in [6.07, 6.45) is 1.73. The fourth-order valence-electron chi connectivity index (χ4n) is 1.94. The van der Waals surface area contributed by atoms with Gasteiger partial charge < -0.3 is 9.84 Å². The average molecular weight is 217 g/mol. The maximum atomic E-state index is 9.39. The predicted octanol–water partition coefficient (Wildman–Crippen LogP) is 1.89.